The summed E-state index contributed by atoms with van der Waals surface area (Å²) in [6, 6.07) is 2.12. The monoisotopic (exact) mass is 277 g/mol. The smallest absolute Gasteiger partial charge is 0.244 e. The first-order valence-corrected chi connectivity index (χ1v) is 7.67. The molecule has 1 aliphatic heterocycles. The van der Waals surface area contributed by atoms with E-state index < -0.39 is 0 Å². The summed E-state index contributed by atoms with van der Waals surface area (Å²) in [6.45, 7) is 2.77. The lowest BCUT2D eigenvalue weighted by atomic mass is 9.99. The van der Waals surface area contributed by atoms with Gasteiger partial charge in [-0.3, -0.25) is 5.10 Å². The minimum Gasteiger partial charge on any atom is -0.339 e. The highest BCUT2D eigenvalue weighted by molar-refractivity contribution is 7.07. The maximum atomic E-state index is 5.76. The topological polar surface area (TPSA) is 70.8 Å². The number of aromatic amines is 1. The molecule has 6 heteroatoms. The van der Waals surface area contributed by atoms with E-state index in [2.05, 4.69) is 36.9 Å². The van der Waals surface area contributed by atoms with Gasteiger partial charge in [0, 0.05) is 19.5 Å². The highest BCUT2D eigenvalue weighted by Gasteiger charge is 2.21. The maximum Gasteiger partial charge on any atom is 0.244 e. The zero-order valence-electron chi connectivity index (χ0n) is 10.9. The fraction of sp³-hybridized carbons (Fsp3) is 0.538. The van der Waals surface area contributed by atoms with Gasteiger partial charge in [-0.15, -0.1) is 5.10 Å². The van der Waals surface area contributed by atoms with E-state index in [0.29, 0.717) is 5.92 Å². The highest BCUT2D eigenvalue weighted by atomic mass is 32.1. The van der Waals surface area contributed by atoms with Gasteiger partial charge in [0.05, 0.1) is 0 Å². The van der Waals surface area contributed by atoms with Crippen LogP contribution in [0.25, 0.3) is 0 Å². The number of thiophene rings is 1. The van der Waals surface area contributed by atoms with Gasteiger partial charge in [0.25, 0.3) is 0 Å². The van der Waals surface area contributed by atoms with Gasteiger partial charge in [-0.05, 0) is 47.7 Å². The number of H-pyrrole nitrogens is 1. The summed E-state index contributed by atoms with van der Waals surface area (Å²) in [5.41, 5.74) is 7.05. The van der Waals surface area contributed by atoms with Crippen LogP contribution in [0.4, 0.5) is 5.95 Å². The molecule has 0 saturated carbocycles. The Morgan fingerprint density at radius 1 is 1.53 bits per heavy atom. The summed E-state index contributed by atoms with van der Waals surface area (Å²) in [6.07, 6.45) is 3.22. The molecule has 1 aliphatic rings. The summed E-state index contributed by atoms with van der Waals surface area (Å²) < 4.78 is 0. The van der Waals surface area contributed by atoms with Gasteiger partial charge < -0.3 is 10.6 Å². The summed E-state index contributed by atoms with van der Waals surface area (Å²) in [4.78, 5) is 6.85. The number of aromatic nitrogens is 3. The molecule has 2 aromatic rings. The number of piperidine rings is 1. The van der Waals surface area contributed by atoms with E-state index in [9.17, 15) is 0 Å². The third kappa shape index (κ3) is 2.96. The van der Waals surface area contributed by atoms with Crippen LogP contribution in [0.15, 0.2) is 16.8 Å². The van der Waals surface area contributed by atoms with Crippen molar-refractivity contribution in [2.45, 2.75) is 19.3 Å². The number of nitrogens with one attached hydrogen (secondary N) is 1. The molecule has 1 fully saturated rings. The molecule has 1 saturated heterocycles. The lowest BCUT2D eigenvalue weighted by Gasteiger charge is -2.31. The number of hydrogen-bond acceptors (Lipinski definition) is 5. The molecule has 3 heterocycles. The Labute approximate surface area is 116 Å². The van der Waals surface area contributed by atoms with Crippen molar-refractivity contribution in [1.82, 2.24) is 15.2 Å². The fourth-order valence-electron chi connectivity index (χ4n) is 2.53. The number of nitrogens with zero attached hydrogens (tertiary/aromatic N) is 3. The molecule has 0 radical (unpaired) electrons. The number of nitrogens with two attached hydrogens (primary N) is 1. The van der Waals surface area contributed by atoms with Crippen molar-refractivity contribution in [2.24, 2.45) is 11.7 Å². The van der Waals surface area contributed by atoms with E-state index in [4.69, 9.17) is 5.73 Å². The molecule has 0 spiro atoms. The van der Waals surface area contributed by atoms with E-state index in [1.165, 1.54) is 18.4 Å². The summed E-state index contributed by atoms with van der Waals surface area (Å²) in [5.74, 6) is 2.33. The van der Waals surface area contributed by atoms with Crippen LogP contribution in [0.1, 0.15) is 24.2 Å². The van der Waals surface area contributed by atoms with Crippen LogP contribution in [-0.4, -0.2) is 34.8 Å². The third-order valence-corrected chi connectivity index (χ3v) is 4.34. The predicted molar refractivity (Wildman–Crippen MR) is 77.5 cm³/mol. The van der Waals surface area contributed by atoms with Crippen molar-refractivity contribution in [2.75, 3.05) is 24.5 Å². The highest BCUT2D eigenvalue weighted by Crippen LogP contribution is 2.20. The largest absolute Gasteiger partial charge is 0.339 e. The molecule has 0 bridgehead atoms. The first-order chi connectivity index (χ1) is 9.35. The third-order valence-electron chi connectivity index (χ3n) is 3.61. The first-order valence-electron chi connectivity index (χ1n) is 6.72. The second-order valence-corrected chi connectivity index (χ2v) is 5.86. The standard InChI is InChI=1S/C13H19N5S/c14-7-11-2-1-4-18(8-11)13-15-12(16-17-13)6-10-3-5-19-9-10/h3,5,9,11H,1-2,4,6-8,14H2,(H,15,16,17). The van der Waals surface area contributed by atoms with Gasteiger partial charge >= 0.3 is 0 Å². The minimum absolute atomic E-state index is 0.576. The molecule has 19 heavy (non-hydrogen) atoms. The fourth-order valence-corrected chi connectivity index (χ4v) is 3.20. The van der Waals surface area contributed by atoms with Crippen molar-refractivity contribution in [3.05, 3.63) is 28.2 Å². The van der Waals surface area contributed by atoms with Crippen molar-refractivity contribution < 1.29 is 0 Å². The van der Waals surface area contributed by atoms with Gasteiger partial charge in [0.15, 0.2) is 0 Å². The zero-order valence-corrected chi connectivity index (χ0v) is 11.7. The first kappa shape index (κ1) is 12.6. The van der Waals surface area contributed by atoms with Gasteiger partial charge in [-0.1, -0.05) is 0 Å². The minimum atomic E-state index is 0.576. The second kappa shape index (κ2) is 5.71. The lowest BCUT2D eigenvalue weighted by Crippen LogP contribution is -2.39. The molecule has 1 unspecified atom stereocenters. The Balaban J connectivity index is 1.67. The van der Waals surface area contributed by atoms with E-state index in [-0.39, 0.29) is 0 Å². The Morgan fingerprint density at radius 3 is 3.26 bits per heavy atom. The van der Waals surface area contributed by atoms with Crippen LogP contribution in [0.5, 0.6) is 0 Å². The molecular weight excluding hydrogens is 258 g/mol. The molecule has 0 aromatic carbocycles. The van der Waals surface area contributed by atoms with E-state index >= 15 is 0 Å². The Hall–Kier alpha value is -1.40. The Morgan fingerprint density at radius 2 is 2.47 bits per heavy atom. The van der Waals surface area contributed by atoms with Crippen LogP contribution >= 0.6 is 11.3 Å². The molecule has 2 aromatic heterocycles. The molecule has 3 rings (SSSR count). The van der Waals surface area contributed by atoms with Crippen molar-refractivity contribution in [3.63, 3.8) is 0 Å². The maximum absolute atomic E-state index is 5.76. The van der Waals surface area contributed by atoms with E-state index in [1.54, 1.807) is 11.3 Å². The lowest BCUT2D eigenvalue weighted by molar-refractivity contribution is 0.420. The van der Waals surface area contributed by atoms with Gasteiger partial charge in [0.1, 0.15) is 5.82 Å². The molecule has 102 valence electrons. The molecule has 1 atom stereocenters. The SMILES string of the molecule is NCC1CCCN(c2n[nH]c(Cc3ccsc3)n2)C1. The normalized spacial score (nSPS) is 19.8. The molecule has 3 N–H and O–H groups in total. The van der Waals surface area contributed by atoms with Crippen LogP contribution < -0.4 is 10.6 Å². The summed E-state index contributed by atoms with van der Waals surface area (Å²) >= 11 is 1.71. The van der Waals surface area contributed by atoms with Gasteiger partial charge in [0.2, 0.25) is 5.95 Å². The predicted octanol–water partition coefficient (Wildman–Crippen LogP) is 1.63. The summed E-state index contributed by atoms with van der Waals surface area (Å²) in [5, 5.41) is 11.6. The molecular formula is C13H19N5S. The zero-order chi connectivity index (χ0) is 13.1. The van der Waals surface area contributed by atoms with Crippen molar-refractivity contribution in [1.29, 1.82) is 0 Å². The Bertz CT molecular complexity index is 507. The van der Waals surface area contributed by atoms with Crippen LogP contribution in [0, 0.1) is 5.92 Å². The molecule has 0 amide bonds. The van der Waals surface area contributed by atoms with Crippen molar-refractivity contribution >= 4 is 17.3 Å². The van der Waals surface area contributed by atoms with Gasteiger partial charge in [-0.25, -0.2) is 0 Å². The average Bonchev–Trinajstić information content (AvgIpc) is 3.11. The average molecular weight is 277 g/mol. The molecule has 0 aliphatic carbocycles. The number of anilines is 1. The number of hydrogen-bond donors (Lipinski definition) is 2. The Kier molecular flexibility index (Phi) is 3.79. The molecule has 5 nitrogen and oxygen atoms in total. The van der Waals surface area contributed by atoms with Crippen LogP contribution in [0.3, 0.4) is 0 Å². The van der Waals surface area contributed by atoms with Crippen molar-refractivity contribution in [3.8, 4) is 0 Å². The van der Waals surface area contributed by atoms with E-state index in [0.717, 1.165) is 37.8 Å². The van der Waals surface area contributed by atoms with Crippen LogP contribution in [0.2, 0.25) is 0 Å². The number of rotatable bonds is 4. The van der Waals surface area contributed by atoms with E-state index in [1.807, 2.05) is 0 Å². The van der Waals surface area contributed by atoms with Crippen LogP contribution in [-0.2, 0) is 6.42 Å². The second-order valence-electron chi connectivity index (χ2n) is 5.08. The summed E-state index contributed by atoms with van der Waals surface area (Å²) in [7, 11) is 0. The quantitative estimate of drug-likeness (QED) is 0.891. The van der Waals surface area contributed by atoms with Gasteiger partial charge in [-0.2, -0.15) is 16.3 Å².